The summed E-state index contributed by atoms with van der Waals surface area (Å²) in [5.41, 5.74) is 8.60. The van der Waals surface area contributed by atoms with Crippen LogP contribution < -0.4 is 16.0 Å². The van der Waals surface area contributed by atoms with Gasteiger partial charge in [-0.05, 0) is 32.2 Å². The van der Waals surface area contributed by atoms with E-state index < -0.39 is 0 Å². The van der Waals surface area contributed by atoms with Crippen molar-refractivity contribution in [3.63, 3.8) is 0 Å². The Morgan fingerprint density at radius 3 is 2.85 bits per heavy atom. The summed E-state index contributed by atoms with van der Waals surface area (Å²) in [5.74, 6) is 1.51. The third-order valence-corrected chi connectivity index (χ3v) is 4.51. The van der Waals surface area contributed by atoms with Crippen LogP contribution >= 0.6 is 0 Å². The molecule has 0 saturated carbocycles. The first-order valence-electron chi connectivity index (χ1n) is 7.70. The van der Waals surface area contributed by atoms with Gasteiger partial charge in [-0.1, -0.05) is 13.8 Å². The molecule has 1 aliphatic carbocycles. The second kappa shape index (κ2) is 5.20. The van der Waals surface area contributed by atoms with E-state index in [1.54, 1.807) is 0 Å². The fourth-order valence-corrected chi connectivity index (χ4v) is 3.42. The molecular formula is C15H25N5. The van der Waals surface area contributed by atoms with E-state index >= 15 is 0 Å². The molecular weight excluding hydrogens is 250 g/mol. The molecule has 110 valence electrons. The van der Waals surface area contributed by atoms with Crippen LogP contribution in [0.1, 0.15) is 44.4 Å². The van der Waals surface area contributed by atoms with Crippen molar-refractivity contribution in [1.29, 1.82) is 0 Å². The molecule has 5 nitrogen and oxygen atoms in total. The van der Waals surface area contributed by atoms with Crippen molar-refractivity contribution in [1.82, 2.24) is 15.3 Å². The number of anilines is 2. The first-order chi connectivity index (χ1) is 9.58. The van der Waals surface area contributed by atoms with Crippen LogP contribution in [0.3, 0.4) is 0 Å². The Morgan fingerprint density at radius 2 is 2.00 bits per heavy atom. The van der Waals surface area contributed by atoms with Crippen molar-refractivity contribution < 1.29 is 0 Å². The molecule has 0 amide bonds. The molecule has 0 radical (unpaired) electrons. The summed E-state index contributed by atoms with van der Waals surface area (Å²) in [6.07, 6.45) is 4.63. The molecule has 3 N–H and O–H groups in total. The van der Waals surface area contributed by atoms with E-state index in [1.165, 1.54) is 24.1 Å². The van der Waals surface area contributed by atoms with Crippen LogP contribution in [0, 0.1) is 0 Å². The largest absolute Gasteiger partial charge is 0.368 e. The fourth-order valence-electron chi connectivity index (χ4n) is 3.42. The van der Waals surface area contributed by atoms with Gasteiger partial charge in [0, 0.05) is 30.6 Å². The Kier molecular flexibility index (Phi) is 3.54. The van der Waals surface area contributed by atoms with Crippen LogP contribution in [0.2, 0.25) is 0 Å². The highest BCUT2D eigenvalue weighted by atomic mass is 15.2. The summed E-state index contributed by atoms with van der Waals surface area (Å²) in [5, 5.41) is 3.44. The van der Waals surface area contributed by atoms with Gasteiger partial charge in [0.05, 0.1) is 5.69 Å². The number of hydrogen-bond donors (Lipinski definition) is 2. The maximum atomic E-state index is 5.99. The van der Waals surface area contributed by atoms with Gasteiger partial charge < -0.3 is 16.0 Å². The number of hydrogen-bond acceptors (Lipinski definition) is 5. The fraction of sp³-hybridized carbons (Fsp3) is 0.733. The lowest BCUT2D eigenvalue weighted by atomic mass is 9.76. The lowest BCUT2D eigenvalue weighted by Gasteiger charge is -2.34. The predicted molar refractivity (Wildman–Crippen MR) is 82.1 cm³/mol. The number of nitrogens with two attached hydrogens (primary N) is 1. The topological polar surface area (TPSA) is 67.1 Å². The first-order valence-corrected chi connectivity index (χ1v) is 7.70. The molecule has 0 spiro atoms. The number of nitrogens with one attached hydrogen (secondary N) is 1. The average Bonchev–Trinajstić information content (AvgIpc) is 2.67. The summed E-state index contributed by atoms with van der Waals surface area (Å²) in [6.45, 7) is 8.70. The van der Waals surface area contributed by atoms with Crippen LogP contribution in [0.15, 0.2) is 0 Å². The molecule has 0 bridgehead atoms. The molecule has 2 heterocycles. The first kappa shape index (κ1) is 13.6. The quantitative estimate of drug-likeness (QED) is 0.812. The zero-order valence-electron chi connectivity index (χ0n) is 12.6. The van der Waals surface area contributed by atoms with Crippen molar-refractivity contribution in [2.75, 3.05) is 36.8 Å². The highest BCUT2D eigenvalue weighted by Gasteiger charge is 2.32. The van der Waals surface area contributed by atoms with E-state index in [1.807, 2.05) is 0 Å². The molecule has 0 aromatic carbocycles. The van der Waals surface area contributed by atoms with Gasteiger partial charge in [-0.3, -0.25) is 0 Å². The van der Waals surface area contributed by atoms with Gasteiger partial charge in [-0.2, -0.15) is 4.98 Å². The predicted octanol–water partition coefficient (Wildman–Crippen LogP) is 1.47. The van der Waals surface area contributed by atoms with E-state index in [2.05, 4.69) is 34.0 Å². The van der Waals surface area contributed by atoms with E-state index in [-0.39, 0.29) is 5.41 Å². The lowest BCUT2D eigenvalue weighted by molar-refractivity contribution is 0.417. The Bertz CT molecular complexity index is 489. The third-order valence-electron chi connectivity index (χ3n) is 4.51. The zero-order valence-corrected chi connectivity index (χ0v) is 12.6. The number of aromatic nitrogens is 2. The zero-order chi connectivity index (χ0) is 14.2. The number of nitrogens with zero attached hydrogens (tertiary/aromatic N) is 3. The Morgan fingerprint density at radius 1 is 1.15 bits per heavy atom. The molecule has 0 atom stereocenters. The van der Waals surface area contributed by atoms with Gasteiger partial charge in [0.25, 0.3) is 0 Å². The van der Waals surface area contributed by atoms with E-state index in [4.69, 9.17) is 5.73 Å². The Balaban J connectivity index is 2.04. The van der Waals surface area contributed by atoms with Crippen LogP contribution in [0.25, 0.3) is 0 Å². The molecule has 1 aromatic heterocycles. The summed E-state index contributed by atoms with van der Waals surface area (Å²) >= 11 is 0. The smallest absolute Gasteiger partial charge is 0.222 e. The van der Waals surface area contributed by atoms with Crippen molar-refractivity contribution in [2.24, 2.45) is 0 Å². The van der Waals surface area contributed by atoms with Crippen LogP contribution in [0.4, 0.5) is 11.8 Å². The minimum atomic E-state index is 0.115. The van der Waals surface area contributed by atoms with Gasteiger partial charge in [-0.25, -0.2) is 4.98 Å². The average molecular weight is 275 g/mol. The second-order valence-electron chi connectivity index (χ2n) is 6.56. The monoisotopic (exact) mass is 275 g/mol. The molecule has 1 saturated heterocycles. The van der Waals surface area contributed by atoms with E-state index in [0.29, 0.717) is 5.95 Å². The van der Waals surface area contributed by atoms with Crippen molar-refractivity contribution in [2.45, 2.75) is 44.9 Å². The summed E-state index contributed by atoms with van der Waals surface area (Å²) in [7, 11) is 0. The van der Waals surface area contributed by atoms with Gasteiger partial charge in [0.2, 0.25) is 5.95 Å². The molecule has 1 fully saturated rings. The molecule has 20 heavy (non-hydrogen) atoms. The van der Waals surface area contributed by atoms with Gasteiger partial charge >= 0.3 is 0 Å². The van der Waals surface area contributed by atoms with Gasteiger partial charge in [0.15, 0.2) is 0 Å². The minimum absolute atomic E-state index is 0.115. The van der Waals surface area contributed by atoms with Gasteiger partial charge in [-0.15, -0.1) is 0 Å². The Labute approximate surface area is 121 Å². The molecule has 3 rings (SSSR count). The van der Waals surface area contributed by atoms with Crippen LogP contribution in [-0.2, 0) is 11.8 Å². The van der Waals surface area contributed by atoms with Gasteiger partial charge in [0.1, 0.15) is 5.82 Å². The van der Waals surface area contributed by atoms with Crippen molar-refractivity contribution in [3.05, 3.63) is 11.3 Å². The maximum absolute atomic E-state index is 5.99. The molecule has 5 heteroatoms. The maximum Gasteiger partial charge on any atom is 0.222 e. The van der Waals surface area contributed by atoms with E-state index in [0.717, 1.165) is 44.8 Å². The Hall–Kier alpha value is -1.36. The molecule has 2 aliphatic rings. The lowest BCUT2D eigenvalue weighted by Crippen LogP contribution is -2.33. The second-order valence-corrected chi connectivity index (χ2v) is 6.56. The molecule has 0 unspecified atom stereocenters. The minimum Gasteiger partial charge on any atom is -0.368 e. The summed E-state index contributed by atoms with van der Waals surface area (Å²) in [4.78, 5) is 11.5. The molecule has 1 aromatic rings. The highest BCUT2D eigenvalue weighted by molar-refractivity contribution is 5.54. The number of fused-ring (bicyclic) bond motifs is 1. The normalized spacial score (nSPS) is 22.2. The van der Waals surface area contributed by atoms with E-state index in [9.17, 15) is 0 Å². The molecule has 1 aliphatic heterocycles. The van der Waals surface area contributed by atoms with Crippen molar-refractivity contribution >= 4 is 11.8 Å². The summed E-state index contributed by atoms with van der Waals surface area (Å²) < 4.78 is 0. The third kappa shape index (κ3) is 2.46. The number of rotatable bonds is 1. The summed E-state index contributed by atoms with van der Waals surface area (Å²) in [6, 6.07) is 0. The number of nitrogen functional groups attached to an aromatic ring is 1. The highest BCUT2D eigenvalue weighted by Crippen LogP contribution is 2.39. The van der Waals surface area contributed by atoms with Crippen LogP contribution in [0.5, 0.6) is 0 Å². The SMILES string of the molecule is CC1(C)CCCc2c(N3CCCNCC3)nc(N)nc21. The standard InChI is InChI=1S/C15H25N5/c1-15(2)6-3-5-11-12(15)18-14(16)19-13(11)20-9-4-7-17-8-10-20/h17H,3-10H2,1-2H3,(H2,16,18,19). The van der Waals surface area contributed by atoms with Crippen molar-refractivity contribution in [3.8, 4) is 0 Å². The van der Waals surface area contributed by atoms with Crippen LogP contribution in [-0.4, -0.2) is 36.1 Å².